The van der Waals surface area contributed by atoms with Crippen molar-refractivity contribution >= 4 is 0 Å². The summed E-state index contributed by atoms with van der Waals surface area (Å²) in [7, 11) is 2.26. The first-order chi connectivity index (χ1) is 9.58. The molecule has 2 aliphatic heterocycles. The predicted octanol–water partition coefficient (Wildman–Crippen LogP) is 3.81. The zero-order chi connectivity index (χ0) is 14.2. The molecule has 0 unspecified atom stereocenters. The van der Waals surface area contributed by atoms with E-state index in [1.807, 2.05) is 0 Å². The molecular formula is C18H33NO. The van der Waals surface area contributed by atoms with E-state index in [1.165, 1.54) is 51.6 Å². The molecule has 116 valence electrons. The second-order valence-corrected chi connectivity index (χ2v) is 8.32. The van der Waals surface area contributed by atoms with Crippen LogP contribution in [0, 0.1) is 29.1 Å². The van der Waals surface area contributed by atoms with Crippen LogP contribution >= 0.6 is 0 Å². The maximum Gasteiger partial charge on any atom is 0.0468 e. The largest absolute Gasteiger partial charge is 0.381 e. The van der Waals surface area contributed by atoms with Crippen molar-refractivity contribution in [3.63, 3.8) is 0 Å². The molecule has 2 saturated heterocycles. The summed E-state index contributed by atoms with van der Waals surface area (Å²) >= 11 is 0. The van der Waals surface area contributed by atoms with Gasteiger partial charge in [-0.2, -0.15) is 0 Å². The van der Waals surface area contributed by atoms with Crippen LogP contribution in [-0.2, 0) is 4.74 Å². The van der Waals surface area contributed by atoms with Crippen molar-refractivity contribution in [2.24, 2.45) is 29.1 Å². The molecule has 3 fully saturated rings. The van der Waals surface area contributed by atoms with Crippen molar-refractivity contribution in [2.45, 2.75) is 52.4 Å². The van der Waals surface area contributed by atoms with Gasteiger partial charge in [-0.15, -0.1) is 0 Å². The standard InChI is InChI=1S/C18H33NO/c1-14(16-6-8-20-9-7-16)4-5-15(2)17-10-18(11-17)12-19(3)13-18/h14-17H,4-13H2,1-3H3/t14-,15+/m0/s1. The highest BCUT2D eigenvalue weighted by Crippen LogP contribution is 2.54. The topological polar surface area (TPSA) is 12.5 Å². The minimum Gasteiger partial charge on any atom is -0.381 e. The summed E-state index contributed by atoms with van der Waals surface area (Å²) in [5, 5.41) is 0. The highest BCUT2D eigenvalue weighted by atomic mass is 16.5. The van der Waals surface area contributed by atoms with Gasteiger partial charge in [-0.1, -0.05) is 26.7 Å². The van der Waals surface area contributed by atoms with E-state index in [4.69, 9.17) is 4.74 Å². The average Bonchev–Trinajstić information content (AvgIpc) is 2.39. The minimum absolute atomic E-state index is 0.764. The SMILES string of the molecule is C[C@H](CC[C@H](C)C1CCOCC1)C1CC2(C1)CN(C)C2. The van der Waals surface area contributed by atoms with Crippen LogP contribution in [0.1, 0.15) is 52.4 Å². The zero-order valence-electron chi connectivity index (χ0n) is 13.7. The zero-order valence-corrected chi connectivity index (χ0v) is 13.7. The van der Waals surface area contributed by atoms with Gasteiger partial charge in [0.1, 0.15) is 0 Å². The molecule has 0 aromatic carbocycles. The molecule has 20 heavy (non-hydrogen) atoms. The van der Waals surface area contributed by atoms with Gasteiger partial charge in [-0.25, -0.2) is 0 Å². The molecule has 1 aliphatic carbocycles. The van der Waals surface area contributed by atoms with Crippen molar-refractivity contribution in [3.05, 3.63) is 0 Å². The van der Waals surface area contributed by atoms with Crippen LogP contribution in [0.15, 0.2) is 0 Å². The Balaban J connectivity index is 1.34. The second kappa shape index (κ2) is 5.96. The first kappa shape index (κ1) is 14.8. The molecule has 3 rings (SSSR count). The fourth-order valence-corrected chi connectivity index (χ4v) is 5.09. The van der Waals surface area contributed by atoms with Crippen molar-refractivity contribution < 1.29 is 4.74 Å². The van der Waals surface area contributed by atoms with Crippen molar-refractivity contribution in [1.82, 2.24) is 4.90 Å². The molecule has 0 N–H and O–H groups in total. The third kappa shape index (κ3) is 3.06. The first-order valence-corrected chi connectivity index (χ1v) is 8.84. The Bertz CT molecular complexity index is 309. The quantitative estimate of drug-likeness (QED) is 0.759. The smallest absolute Gasteiger partial charge is 0.0468 e. The lowest BCUT2D eigenvalue weighted by molar-refractivity contribution is -0.0976. The third-order valence-corrected chi connectivity index (χ3v) is 6.55. The van der Waals surface area contributed by atoms with Gasteiger partial charge in [0, 0.05) is 26.3 Å². The van der Waals surface area contributed by atoms with Gasteiger partial charge >= 0.3 is 0 Å². The van der Waals surface area contributed by atoms with Gasteiger partial charge in [-0.3, -0.25) is 0 Å². The van der Waals surface area contributed by atoms with Crippen LogP contribution in [0.5, 0.6) is 0 Å². The summed E-state index contributed by atoms with van der Waals surface area (Å²) in [4.78, 5) is 2.48. The van der Waals surface area contributed by atoms with Gasteiger partial charge in [0.25, 0.3) is 0 Å². The fourth-order valence-electron chi connectivity index (χ4n) is 5.09. The molecule has 2 heteroatoms. The number of hydrogen-bond donors (Lipinski definition) is 0. The number of nitrogens with zero attached hydrogens (tertiary/aromatic N) is 1. The highest BCUT2D eigenvalue weighted by Gasteiger charge is 2.51. The van der Waals surface area contributed by atoms with Crippen LogP contribution in [0.4, 0.5) is 0 Å². The monoisotopic (exact) mass is 279 g/mol. The van der Waals surface area contributed by atoms with E-state index in [0.717, 1.165) is 42.3 Å². The van der Waals surface area contributed by atoms with Crippen LogP contribution in [0.2, 0.25) is 0 Å². The molecular weight excluding hydrogens is 246 g/mol. The Labute approximate surface area is 125 Å². The number of ether oxygens (including phenoxy) is 1. The summed E-state index contributed by atoms with van der Waals surface area (Å²) in [6.07, 6.45) is 8.53. The Morgan fingerprint density at radius 2 is 1.55 bits per heavy atom. The molecule has 0 aromatic heterocycles. The van der Waals surface area contributed by atoms with Crippen molar-refractivity contribution in [3.8, 4) is 0 Å². The van der Waals surface area contributed by atoms with E-state index in [2.05, 4.69) is 25.8 Å². The third-order valence-electron chi connectivity index (χ3n) is 6.55. The van der Waals surface area contributed by atoms with Gasteiger partial charge in [0.05, 0.1) is 0 Å². The predicted molar refractivity (Wildman–Crippen MR) is 83.8 cm³/mol. The Kier molecular flexibility index (Phi) is 4.42. The number of likely N-dealkylation sites (tertiary alicyclic amines) is 1. The van der Waals surface area contributed by atoms with Crippen molar-refractivity contribution in [2.75, 3.05) is 33.4 Å². The molecule has 2 atom stereocenters. The number of hydrogen-bond acceptors (Lipinski definition) is 2. The second-order valence-electron chi connectivity index (χ2n) is 8.32. The van der Waals surface area contributed by atoms with Gasteiger partial charge in [-0.05, 0) is 61.8 Å². The summed E-state index contributed by atoms with van der Waals surface area (Å²) < 4.78 is 5.49. The Hall–Kier alpha value is -0.0800. The highest BCUT2D eigenvalue weighted by molar-refractivity contribution is 5.04. The summed E-state index contributed by atoms with van der Waals surface area (Å²) in [5.74, 6) is 3.83. The van der Waals surface area contributed by atoms with E-state index >= 15 is 0 Å². The molecule has 3 aliphatic rings. The first-order valence-electron chi connectivity index (χ1n) is 8.84. The van der Waals surface area contributed by atoms with E-state index < -0.39 is 0 Å². The molecule has 2 nitrogen and oxygen atoms in total. The van der Waals surface area contributed by atoms with Gasteiger partial charge < -0.3 is 9.64 Å². The maximum atomic E-state index is 5.49. The van der Waals surface area contributed by atoms with Gasteiger partial charge in [0.15, 0.2) is 0 Å². The normalized spacial score (nSPS) is 30.8. The average molecular weight is 279 g/mol. The van der Waals surface area contributed by atoms with Crippen LogP contribution in [0.3, 0.4) is 0 Å². The fraction of sp³-hybridized carbons (Fsp3) is 1.00. The van der Waals surface area contributed by atoms with Crippen LogP contribution in [-0.4, -0.2) is 38.3 Å². The molecule has 0 radical (unpaired) electrons. The van der Waals surface area contributed by atoms with E-state index in [-0.39, 0.29) is 0 Å². The van der Waals surface area contributed by atoms with Crippen LogP contribution < -0.4 is 0 Å². The molecule has 0 amide bonds. The number of rotatable bonds is 5. The Morgan fingerprint density at radius 3 is 2.10 bits per heavy atom. The lowest BCUT2D eigenvalue weighted by atomic mass is 9.54. The van der Waals surface area contributed by atoms with Gasteiger partial charge in [0.2, 0.25) is 0 Å². The summed E-state index contributed by atoms with van der Waals surface area (Å²) in [6.45, 7) is 9.73. The van der Waals surface area contributed by atoms with Crippen LogP contribution in [0.25, 0.3) is 0 Å². The molecule has 1 saturated carbocycles. The summed E-state index contributed by atoms with van der Waals surface area (Å²) in [6, 6.07) is 0. The van der Waals surface area contributed by atoms with E-state index in [0.29, 0.717) is 0 Å². The summed E-state index contributed by atoms with van der Waals surface area (Å²) in [5.41, 5.74) is 0.764. The Morgan fingerprint density at radius 1 is 1.00 bits per heavy atom. The molecule has 1 spiro atoms. The maximum absolute atomic E-state index is 5.49. The van der Waals surface area contributed by atoms with Crippen molar-refractivity contribution in [1.29, 1.82) is 0 Å². The van der Waals surface area contributed by atoms with E-state index in [1.54, 1.807) is 0 Å². The minimum atomic E-state index is 0.764. The molecule has 0 bridgehead atoms. The van der Waals surface area contributed by atoms with E-state index in [9.17, 15) is 0 Å². The lowest BCUT2D eigenvalue weighted by Crippen LogP contribution is -2.61. The molecule has 0 aromatic rings. The molecule has 2 heterocycles. The lowest BCUT2D eigenvalue weighted by Gasteiger charge is -2.60.